The van der Waals surface area contributed by atoms with Crippen LogP contribution in [0.25, 0.3) is 4.96 Å². The number of thiazole rings is 1. The summed E-state index contributed by atoms with van der Waals surface area (Å²) >= 11 is 1.57. The first-order chi connectivity index (χ1) is 12.4. The van der Waals surface area contributed by atoms with Crippen molar-refractivity contribution in [3.05, 3.63) is 46.1 Å². The molecule has 0 spiro atoms. The van der Waals surface area contributed by atoms with Crippen LogP contribution in [-0.2, 0) is 0 Å². The van der Waals surface area contributed by atoms with E-state index in [9.17, 15) is 5.11 Å². The molecule has 1 aliphatic rings. The van der Waals surface area contributed by atoms with Gasteiger partial charge < -0.3 is 10.0 Å². The molecular weight excluding hydrogens is 344 g/mol. The van der Waals surface area contributed by atoms with Crippen molar-refractivity contribution in [2.45, 2.75) is 40.2 Å². The summed E-state index contributed by atoms with van der Waals surface area (Å²) in [6.07, 6.45) is 1.28. The van der Waals surface area contributed by atoms with E-state index in [-0.39, 0.29) is 11.9 Å². The minimum Gasteiger partial charge on any atom is -0.492 e. The highest BCUT2D eigenvalue weighted by atomic mass is 32.1. The van der Waals surface area contributed by atoms with Crippen molar-refractivity contribution in [3.63, 3.8) is 0 Å². The molecule has 0 aliphatic carbocycles. The van der Waals surface area contributed by atoms with Crippen LogP contribution >= 0.6 is 11.3 Å². The molecule has 6 heteroatoms. The maximum atomic E-state index is 10.9. The molecule has 3 atom stereocenters. The van der Waals surface area contributed by atoms with Gasteiger partial charge in [-0.15, -0.1) is 5.10 Å². The average Bonchev–Trinajstić information content (AvgIpc) is 3.07. The number of rotatable bonds is 3. The molecule has 4 rings (SSSR count). The molecule has 3 aromatic rings. The van der Waals surface area contributed by atoms with E-state index in [1.807, 2.05) is 6.92 Å². The smallest absolute Gasteiger partial charge is 0.235 e. The van der Waals surface area contributed by atoms with Crippen LogP contribution in [-0.4, -0.2) is 32.8 Å². The number of nitrogens with one attached hydrogen (secondary N) is 1. The van der Waals surface area contributed by atoms with Gasteiger partial charge in [-0.05, 0) is 20.3 Å². The molecule has 1 aromatic carbocycles. The Kier molecular flexibility index (Phi) is 4.49. The van der Waals surface area contributed by atoms with Crippen molar-refractivity contribution in [1.29, 1.82) is 0 Å². The van der Waals surface area contributed by atoms with Gasteiger partial charge in [0.15, 0.2) is 6.04 Å². The molecule has 0 amide bonds. The Morgan fingerprint density at radius 1 is 1.15 bits per heavy atom. The summed E-state index contributed by atoms with van der Waals surface area (Å²) in [5.74, 6) is 2.31. The normalized spacial score (nSPS) is 24.8. The van der Waals surface area contributed by atoms with Gasteiger partial charge in [0.25, 0.3) is 0 Å². The molecule has 1 saturated heterocycles. The van der Waals surface area contributed by atoms with Crippen LogP contribution < -0.4 is 4.90 Å². The standard InChI is InChI=1S/C20H26N4OS/c1-12-5-7-16(8-6-12)17(23-10-13(2)9-14(3)11-23)18-19(25)24-20(26-18)21-15(4)22-24/h5-8,13-14,17,25H,9-11H2,1-4H3/p+1/t13-,14-,17+/m0/s1. The van der Waals surface area contributed by atoms with Crippen LogP contribution in [0.2, 0.25) is 0 Å². The van der Waals surface area contributed by atoms with Crippen molar-refractivity contribution >= 4 is 16.3 Å². The zero-order chi connectivity index (χ0) is 18.4. The topological polar surface area (TPSA) is 54.9 Å². The fourth-order valence-corrected chi connectivity index (χ4v) is 5.62. The van der Waals surface area contributed by atoms with E-state index in [2.05, 4.69) is 55.1 Å². The molecule has 5 nitrogen and oxygen atoms in total. The number of likely N-dealkylation sites (tertiary alicyclic amines) is 1. The first-order valence-corrected chi connectivity index (χ1v) is 10.2. The highest BCUT2D eigenvalue weighted by Gasteiger charge is 2.36. The first kappa shape index (κ1) is 17.5. The molecule has 1 aliphatic heterocycles. The lowest BCUT2D eigenvalue weighted by Gasteiger charge is -2.37. The van der Waals surface area contributed by atoms with E-state index in [4.69, 9.17) is 0 Å². The lowest BCUT2D eigenvalue weighted by molar-refractivity contribution is -0.936. The minimum absolute atomic E-state index is 0.120. The van der Waals surface area contributed by atoms with Gasteiger partial charge in [-0.1, -0.05) is 55.0 Å². The summed E-state index contributed by atoms with van der Waals surface area (Å²) in [4.78, 5) is 7.73. The molecule has 138 valence electrons. The molecule has 26 heavy (non-hydrogen) atoms. The van der Waals surface area contributed by atoms with Gasteiger partial charge in [0.2, 0.25) is 10.8 Å². The molecule has 2 aromatic heterocycles. The number of hydrogen-bond donors (Lipinski definition) is 2. The Hall–Kier alpha value is -1.92. The molecule has 0 bridgehead atoms. The summed E-state index contributed by atoms with van der Waals surface area (Å²) in [6, 6.07) is 8.86. The van der Waals surface area contributed by atoms with Gasteiger partial charge in [0.1, 0.15) is 10.7 Å². The number of piperidine rings is 1. The van der Waals surface area contributed by atoms with Gasteiger partial charge in [-0.25, -0.2) is 4.98 Å². The highest BCUT2D eigenvalue weighted by Crippen LogP contribution is 2.35. The predicted molar refractivity (Wildman–Crippen MR) is 104 cm³/mol. The summed E-state index contributed by atoms with van der Waals surface area (Å²) in [5, 5.41) is 15.3. The molecule has 0 saturated carbocycles. The first-order valence-electron chi connectivity index (χ1n) is 9.38. The van der Waals surface area contributed by atoms with Crippen molar-refractivity contribution in [1.82, 2.24) is 14.6 Å². The molecule has 2 N–H and O–H groups in total. The highest BCUT2D eigenvalue weighted by molar-refractivity contribution is 7.17. The van der Waals surface area contributed by atoms with Crippen LogP contribution in [0.1, 0.15) is 48.1 Å². The van der Waals surface area contributed by atoms with Crippen LogP contribution in [0, 0.1) is 25.7 Å². The van der Waals surface area contributed by atoms with Gasteiger partial charge in [-0.3, -0.25) is 0 Å². The fraction of sp³-hybridized carbons (Fsp3) is 0.500. The Morgan fingerprint density at radius 3 is 2.42 bits per heavy atom. The third kappa shape index (κ3) is 3.12. The van der Waals surface area contributed by atoms with Crippen LogP contribution in [0.15, 0.2) is 24.3 Å². The van der Waals surface area contributed by atoms with Gasteiger partial charge in [0.05, 0.1) is 13.1 Å². The Balaban J connectivity index is 1.82. The van der Waals surface area contributed by atoms with E-state index in [1.54, 1.807) is 15.9 Å². The molecule has 0 unspecified atom stereocenters. The summed E-state index contributed by atoms with van der Waals surface area (Å²) in [5.41, 5.74) is 2.51. The van der Waals surface area contributed by atoms with E-state index in [0.29, 0.717) is 17.7 Å². The number of benzene rings is 1. The lowest BCUT2D eigenvalue weighted by Crippen LogP contribution is -3.14. The van der Waals surface area contributed by atoms with Crippen molar-refractivity contribution in [3.8, 4) is 5.88 Å². The molecular formula is C20H27N4OS+. The molecule has 1 fully saturated rings. The number of hydrogen-bond acceptors (Lipinski definition) is 4. The second kappa shape index (κ2) is 6.67. The van der Waals surface area contributed by atoms with Crippen molar-refractivity contribution in [2.24, 2.45) is 11.8 Å². The second-order valence-electron chi connectivity index (χ2n) is 8.00. The average molecular weight is 372 g/mol. The van der Waals surface area contributed by atoms with E-state index in [1.165, 1.54) is 22.4 Å². The van der Waals surface area contributed by atoms with E-state index >= 15 is 0 Å². The fourth-order valence-electron chi connectivity index (χ4n) is 4.44. The maximum absolute atomic E-state index is 10.9. The SMILES string of the molecule is Cc1ccc([C@H](c2sc3nc(C)nn3c2O)[NH+]2C[C@@H](C)C[C@H](C)C2)cc1. The second-order valence-corrected chi connectivity index (χ2v) is 9.01. The number of nitrogens with zero attached hydrogens (tertiary/aromatic N) is 3. The lowest BCUT2D eigenvalue weighted by atomic mass is 9.89. The predicted octanol–water partition coefficient (Wildman–Crippen LogP) is 2.76. The molecule has 0 radical (unpaired) electrons. The quantitative estimate of drug-likeness (QED) is 0.744. The van der Waals surface area contributed by atoms with Crippen molar-refractivity contribution < 1.29 is 10.0 Å². The Labute approximate surface area is 158 Å². The van der Waals surface area contributed by atoms with Crippen LogP contribution in [0.4, 0.5) is 0 Å². The van der Waals surface area contributed by atoms with E-state index < -0.39 is 0 Å². The number of aromatic nitrogens is 3. The van der Waals surface area contributed by atoms with Crippen LogP contribution in [0.5, 0.6) is 5.88 Å². The van der Waals surface area contributed by atoms with Gasteiger partial charge >= 0.3 is 0 Å². The molecule has 3 heterocycles. The third-order valence-corrected chi connectivity index (χ3v) is 6.50. The van der Waals surface area contributed by atoms with Gasteiger partial charge in [0, 0.05) is 17.4 Å². The van der Waals surface area contributed by atoms with E-state index in [0.717, 1.165) is 22.9 Å². The monoisotopic (exact) mass is 371 g/mol. The Morgan fingerprint density at radius 2 is 1.81 bits per heavy atom. The van der Waals surface area contributed by atoms with Crippen molar-refractivity contribution in [2.75, 3.05) is 13.1 Å². The third-order valence-electron chi connectivity index (χ3n) is 5.41. The van der Waals surface area contributed by atoms with Crippen LogP contribution in [0.3, 0.4) is 0 Å². The minimum atomic E-state index is 0.120. The summed E-state index contributed by atoms with van der Waals surface area (Å²) in [7, 11) is 0. The summed E-state index contributed by atoms with van der Waals surface area (Å²) < 4.78 is 1.59. The number of quaternary nitrogens is 1. The largest absolute Gasteiger partial charge is 0.492 e. The maximum Gasteiger partial charge on any atom is 0.235 e. The zero-order valence-electron chi connectivity index (χ0n) is 15.9. The Bertz CT molecular complexity index is 904. The summed E-state index contributed by atoms with van der Waals surface area (Å²) in [6.45, 7) is 10.9. The van der Waals surface area contributed by atoms with Gasteiger partial charge in [-0.2, -0.15) is 4.52 Å². The zero-order valence-corrected chi connectivity index (χ0v) is 16.7. The number of aryl methyl sites for hydroxylation is 2. The number of fused-ring (bicyclic) bond motifs is 1. The number of aromatic hydroxyl groups is 1.